The van der Waals surface area contributed by atoms with E-state index in [2.05, 4.69) is 13.8 Å². The maximum Gasteiger partial charge on any atom is 0.227 e. The van der Waals surface area contributed by atoms with Crippen LogP contribution in [0.15, 0.2) is 18.2 Å². The molecule has 1 aliphatic heterocycles. The van der Waals surface area contributed by atoms with Crippen LogP contribution in [-0.4, -0.2) is 13.0 Å². The van der Waals surface area contributed by atoms with E-state index in [4.69, 9.17) is 17.0 Å². The van der Waals surface area contributed by atoms with Crippen molar-refractivity contribution in [2.75, 3.05) is 12.0 Å². The van der Waals surface area contributed by atoms with Crippen LogP contribution in [0.25, 0.3) is 11.1 Å². The van der Waals surface area contributed by atoms with E-state index in [0.717, 1.165) is 32.8 Å². The lowest BCUT2D eigenvalue weighted by Gasteiger charge is -2.43. The molecule has 1 fully saturated rings. The van der Waals surface area contributed by atoms with Crippen molar-refractivity contribution >= 4 is 44.5 Å². The first-order chi connectivity index (χ1) is 13.4. The number of ether oxygens (including phenoxy) is 1. The Morgan fingerprint density at radius 1 is 1.25 bits per heavy atom. The number of carbonyl (C=O) groups is 1. The highest BCUT2D eigenvalue weighted by Gasteiger charge is 2.42. The molecule has 1 aliphatic carbocycles. The van der Waals surface area contributed by atoms with Crippen LogP contribution in [0.4, 0.5) is 5.69 Å². The molecule has 0 radical (unpaired) electrons. The van der Waals surface area contributed by atoms with E-state index in [1.54, 1.807) is 27.8 Å². The quantitative estimate of drug-likeness (QED) is 0.378. The van der Waals surface area contributed by atoms with Gasteiger partial charge in [0.05, 0.1) is 23.2 Å². The largest absolute Gasteiger partial charge is 0.497 e. The fourth-order valence-corrected chi connectivity index (χ4v) is 7.98. The van der Waals surface area contributed by atoms with E-state index >= 15 is 0 Å². The fraction of sp³-hybridized carbons (Fsp3) is 0.545. The van der Waals surface area contributed by atoms with Crippen LogP contribution in [0, 0.1) is 9.74 Å². The number of anilines is 1. The topological polar surface area (TPSA) is 29.5 Å². The predicted molar refractivity (Wildman–Crippen MR) is 121 cm³/mol. The lowest BCUT2D eigenvalue weighted by Crippen LogP contribution is -2.47. The van der Waals surface area contributed by atoms with Crippen molar-refractivity contribution in [3.8, 4) is 16.9 Å². The molecule has 0 spiro atoms. The number of benzene rings is 1. The van der Waals surface area contributed by atoms with Gasteiger partial charge in [-0.15, -0.1) is 0 Å². The number of nitrogens with zero attached hydrogens (tertiary/aromatic N) is 1. The van der Waals surface area contributed by atoms with Crippen LogP contribution in [0.5, 0.6) is 5.75 Å². The minimum Gasteiger partial charge on any atom is -0.497 e. The van der Waals surface area contributed by atoms with E-state index in [-0.39, 0.29) is 5.91 Å². The summed E-state index contributed by atoms with van der Waals surface area (Å²) in [4.78, 5) is 16.7. The molecule has 1 aromatic carbocycles. The van der Waals surface area contributed by atoms with Crippen LogP contribution in [-0.2, 0) is 10.3 Å². The minimum absolute atomic E-state index is 0.219. The van der Waals surface area contributed by atoms with E-state index in [0.29, 0.717) is 12.3 Å². The molecule has 0 saturated heterocycles. The molecule has 2 heterocycles. The molecule has 0 unspecified atom stereocenters. The van der Waals surface area contributed by atoms with Gasteiger partial charge in [-0.2, -0.15) is 0 Å². The molecule has 0 N–H and O–H groups in total. The van der Waals surface area contributed by atoms with Crippen molar-refractivity contribution < 1.29 is 9.53 Å². The third-order valence-corrected chi connectivity index (χ3v) is 9.53. The van der Waals surface area contributed by atoms with Gasteiger partial charge < -0.3 is 9.64 Å². The van der Waals surface area contributed by atoms with Gasteiger partial charge in [-0.1, -0.05) is 65.0 Å². The molecule has 3 nitrogen and oxygen atoms in total. The molecular weight excluding hydrogens is 406 g/mol. The fourth-order valence-electron chi connectivity index (χ4n) is 4.70. The monoisotopic (exact) mass is 433 g/mol. The third kappa shape index (κ3) is 3.44. The number of rotatable bonds is 4. The Morgan fingerprint density at radius 2 is 2.00 bits per heavy atom. The molecule has 0 bridgehead atoms. The first kappa shape index (κ1) is 20.0. The van der Waals surface area contributed by atoms with Gasteiger partial charge >= 0.3 is 0 Å². The Kier molecular flexibility index (Phi) is 5.64. The highest BCUT2D eigenvalue weighted by Crippen LogP contribution is 2.53. The lowest BCUT2D eigenvalue weighted by molar-refractivity contribution is -0.120. The standard InChI is InChI=1S/C22H27NO2S3/c1-22(2)20-19(21(26)28-27-20)16-13-15(25-3)10-11-17(16)23(22)18(24)12-9-14-7-5-4-6-8-14/h10-11,13-14H,4-9,12H2,1-3H3. The second-order valence-electron chi connectivity index (χ2n) is 8.37. The summed E-state index contributed by atoms with van der Waals surface area (Å²) in [5.41, 5.74) is 2.71. The number of carbonyl (C=O) groups excluding carboxylic acids is 1. The van der Waals surface area contributed by atoms with Crippen LogP contribution in [0.1, 0.15) is 63.7 Å². The van der Waals surface area contributed by atoms with E-state index in [1.165, 1.54) is 37.0 Å². The number of fused-ring (bicyclic) bond motifs is 3. The van der Waals surface area contributed by atoms with Crippen molar-refractivity contribution in [1.82, 2.24) is 0 Å². The van der Waals surface area contributed by atoms with E-state index in [1.807, 2.05) is 23.1 Å². The Labute approximate surface area is 179 Å². The van der Waals surface area contributed by atoms with Gasteiger partial charge in [-0.25, -0.2) is 0 Å². The molecule has 6 heteroatoms. The SMILES string of the molecule is COc1ccc2c(c1)-c1c(ssc1=S)C(C)(C)N2C(=O)CCC1CCCCC1. The molecule has 2 aromatic rings. The van der Waals surface area contributed by atoms with Crippen molar-refractivity contribution in [3.05, 3.63) is 26.9 Å². The van der Waals surface area contributed by atoms with Gasteiger partial charge in [0.1, 0.15) is 9.57 Å². The van der Waals surface area contributed by atoms with Gasteiger partial charge in [0, 0.05) is 17.5 Å². The molecule has 150 valence electrons. The summed E-state index contributed by atoms with van der Waals surface area (Å²) in [6.45, 7) is 4.30. The minimum atomic E-state index is -0.390. The summed E-state index contributed by atoms with van der Waals surface area (Å²) in [7, 11) is 5.01. The van der Waals surface area contributed by atoms with Gasteiger partial charge in [-0.05, 0) is 44.4 Å². The van der Waals surface area contributed by atoms with E-state index < -0.39 is 5.54 Å². The first-order valence-corrected chi connectivity index (χ1v) is 12.6. The number of methoxy groups -OCH3 is 1. The molecule has 1 saturated carbocycles. The first-order valence-electron chi connectivity index (χ1n) is 10.1. The third-order valence-electron chi connectivity index (χ3n) is 6.20. The Balaban J connectivity index is 1.71. The average molecular weight is 434 g/mol. The molecule has 0 atom stereocenters. The summed E-state index contributed by atoms with van der Waals surface area (Å²) in [6, 6.07) is 5.99. The van der Waals surface area contributed by atoms with Crippen LogP contribution in [0.2, 0.25) is 0 Å². The summed E-state index contributed by atoms with van der Waals surface area (Å²) < 4.78 is 6.36. The summed E-state index contributed by atoms with van der Waals surface area (Å²) >= 11 is 5.66. The zero-order chi connectivity index (χ0) is 19.9. The Hall–Kier alpha value is -1.24. The van der Waals surface area contributed by atoms with Crippen molar-refractivity contribution in [2.45, 2.75) is 64.3 Å². The zero-order valence-electron chi connectivity index (χ0n) is 16.7. The summed E-state index contributed by atoms with van der Waals surface area (Å²) in [5, 5.41) is 0. The number of hydrogen-bond acceptors (Lipinski definition) is 5. The second-order valence-corrected chi connectivity index (χ2v) is 11.2. The van der Waals surface area contributed by atoms with Crippen LogP contribution in [0.3, 0.4) is 0 Å². The predicted octanol–water partition coefficient (Wildman–Crippen LogP) is 7.16. The smallest absolute Gasteiger partial charge is 0.227 e. The lowest BCUT2D eigenvalue weighted by atomic mass is 9.84. The maximum absolute atomic E-state index is 13.5. The Morgan fingerprint density at radius 3 is 2.71 bits per heavy atom. The van der Waals surface area contributed by atoms with Gasteiger partial charge in [-0.3, -0.25) is 4.79 Å². The molecule has 1 aromatic heterocycles. The maximum atomic E-state index is 13.5. The Bertz CT molecular complexity index is 937. The van der Waals surface area contributed by atoms with Crippen LogP contribution < -0.4 is 9.64 Å². The molecule has 2 aliphatic rings. The second kappa shape index (κ2) is 7.88. The van der Waals surface area contributed by atoms with Gasteiger partial charge in [0.15, 0.2) is 0 Å². The van der Waals surface area contributed by atoms with E-state index in [9.17, 15) is 4.79 Å². The normalized spacial score (nSPS) is 18.5. The molecule has 4 rings (SSSR count). The number of hydrogen-bond donors (Lipinski definition) is 0. The zero-order valence-corrected chi connectivity index (χ0v) is 19.2. The summed E-state index contributed by atoms with van der Waals surface area (Å²) in [5.74, 6) is 1.72. The molecule has 28 heavy (non-hydrogen) atoms. The van der Waals surface area contributed by atoms with Crippen LogP contribution >= 0.6 is 32.9 Å². The number of amides is 1. The highest BCUT2D eigenvalue weighted by atomic mass is 32.9. The molecular formula is C22H27NO2S3. The average Bonchev–Trinajstić information content (AvgIpc) is 3.10. The summed E-state index contributed by atoms with van der Waals surface area (Å²) in [6.07, 6.45) is 8.16. The molecule has 1 amide bonds. The highest BCUT2D eigenvalue weighted by molar-refractivity contribution is 7.80. The van der Waals surface area contributed by atoms with Crippen molar-refractivity contribution in [1.29, 1.82) is 0 Å². The van der Waals surface area contributed by atoms with Gasteiger partial charge in [0.25, 0.3) is 0 Å². The van der Waals surface area contributed by atoms with Crippen molar-refractivity contribution in [2.24, 2.45) is 5.92 Å². The van der Waals surface area contributed by atoms with Gasteiger partial charge in [0.2, 0.25) is 5.91 Å². The van der Waals surface area contributed by atoms with Crippen molar-refractivity contribution in [3.63, 3.8) is 0 Å².